The van der Waals surface area contributed by atoms with E-state index in [9.17, 15) is 0 Å². The highest BCUT2D eigenvalue weighted by Crippen LogP contribution is 2.36. The molecule has 3 nitrogen and oxygen atoms in total. The molecule has 0 aliphatic rings. The standard InChI is InChI=1S/C26H23N2O/c1-16-6-5-7-19(14-16)20-10-13-23(28(4)15-20)24-17(2)8-11-21-22-12-9-18(3)27-26(22)29-25(21)24/h5-15H,1-4H3/q+1. The van der Waals surface area contributed by atoms with Crippen molar-refractivity contribution in [3.8, 4) is 22.4 Å². The van der Waals surface area contributed by atoms with Crippen molar-refractivity contribution >= 4 is 22.1 Å². The Kier molecular flexibility index (Phi) is 3.99. The molecule has 2 aromatic carbocycles. The van der Waals surface area contributed by atoms with Crippen molar-refractivity contribution < 1.29 is 8.98 Å². The molecule has 0 saturated carbocycles. The molecule has 0 saturated heterocycles. The largest absolute Gasteiger partial charge is 0.437 e. The lowest BCUT2D eigenvalue weighted by atomic mass is 9.99. The number of benzene rings is 2. The normalized spacial score (nSPS) is 11.4. The van der Waals surface area contributed by atoms with Gasteiger partial charge < -0.3 is 4.42 Å². The van der Waals surface area contributed by atoms with Crippen molar-refractivity contribution in [1.29, 1.82) is 0 Å². The Bertz CT molecular complexity index is 1400. The molecular formula is C26H23N2O+. The molecule has 5 rings (SSSR count). The molecule has 0 aliphatic carbocycles. The SMILES string of the molecule is Cc1cccc(-c2ccc(-c3c(C)ccc4c3oc3nc(C)ccc34)[n+](C)c2)c1. The predicted molar refractivity (Wildman–Crippen MR) is 118 cm³/mol. The summed E-state index contributed by atoms with van der Waals surface area (Å²) in [6, 6.07) is 21.4. The summed E-state index contributed by atoms with van der Waals surface area (Å²) in [4.78, 5) is 4.59. The summed E-state index contributed by atoms with van der Waals surface area (Å²) >= 11 is 0. The number of hydrogen-bond donors (Lipinski definition) is 0. The van der Waals surface area contributed by atoms with E-state index in [0.717, 1.165) is 33.3 Å². The second-order valence-corrected chi connectivity index (χ2v) is 7.82. The van der Waals surface area contributed by atoms with Gasteiger partial charge in [-0.3, -0.25) is 0 Å². The van der Waals surface area contributed by atoms with E-state index in [2.05, 4.69) is 91.2 Å². The van der Waals surface area contributed by atoms with E-state index in [1.165, 1.54) is 22.3 Å². The minimum Gasteiger partial charge on any atom is -0.437 e. The maximum atomic E-state index is 6.26. The molecule has 0 amide bonds. The Hall–Kier alpha value is -3.46. The van der Waals surface area contributed by atoms with Gasteiger partial charge in [-0.2, -0.15) is 0 Å². The Labute approximate surface area is 170 Å². The fourth-order valence-electron chi connectivity index (χ4n) is 4.09. The number of fused-ring (bicyclic) bond motifs is 3. The van der Waals surface area contributed by atoms with E-state index in [1.807, 2.05) is 13.0 Å². The van der Waals surface area contributed by atoms with E-state index in [4.69, 9.17) is 4.42 Å². The van der Waals surface area contributed by atoms with Gasteiger partial charge in [0.25, 0.3) is 0 Å². The number of nitrogens with zero attached hydrogens (tertiary/aromatic N) is 2. The molecule has 3 aromatic heterocycles. The van der Waals surface area contributed by atoms with Crippen LogP contribution in [0.5, 0.6) is 0 Å². The van der Waals surface area contributed by atoms with Crippen LogP contribution in [-0.4, -0.2) is 4.98 Å². The van der Waals surface area contributed by atoms with Crippen LogP contribution in [0.3, 0.4) is 0 Å². The van der Waals surface area contributed by atoms with Crippen LogP contribution in [0.4, 0.5) is 0 Å². The molecule has 0 unspecified atom stereocenters. The fraction of sp³-hybridized carbons (Fsp3) is 0.154. The molecule has 0 radical (unpaired) electrons. The Morgan fingerprint density at radius 1 is 0.828 bits per heavy atom. The Morgan fingerprint density at radius 3 is 2.45 bits per heavy atom. The zero-order valence-electron chi connectivity index (χ0n) is 17.2. The van der Waals surface area contributed by atoms with Crippen LogP contribution < -0.4 is 4.57 Å². The van der Waals surface area contributed by atoms with Crippen LogP contribution in [0.2, 0.25) is 0 Å². The van der Waals surface area contributed by atoms with Gasteiger partial charge in [0.1, 0.15) is 7.05 Å². The highest BCUT2D eigenvalue weighted by atomic mass is 16.3. The number of pyridine rings is 2. The lowest BCUT2D eigenvalue weighted by Gasteiger charge is -2.07. The minimum absolute atomic E-state index is 0.700. The number of hydrogen-bond acceptors (Lipinski definition) is 2. The molecule has 3 heteroatoms. The first kappa shape index (κ1) is 17.6. The van der Waals surface area contributed by atoms with Crippen molar-refractivity contribution in [2.24, 2.45) is 7.05 Å². The lowest BCUT2D eigenvalue weighted by molar-refractivity contribution is -0.659. The second kappa shape index (κ2) is 6.56. The van der Waals surface area contributed by atoms with Gasteiger partial charge in [-0.05, 0) is 50.1 Å². The van der Waals surface area contributed by atoms with E-state index in [1.54, 1.807) is 0 Å². The first-order valence-corrected chi connectivity index (χ1v) is 9.88. The quantitative estimate of drug-likeness (QED) is 0.349. The Morgan fingerprint density at radius 2 is 1.66 bits per heavy atom. The maximum absolute atomic E-state index is 6.26. The van der Waals surface area contributed by atoms with Crippen molar-refractivity contribution in [2.75, 3.05) is 0 Å². The highest BCUT2D eigenvalue weighted by molar-refractivity contribution is 6.08. The van der Waals surface area contributed by atoms with Crippen LogP contribution in [0, 0.1) is 20.8 Å². The number of aryl methyl sites for hydroxylation is 4. The van der Waals surface area contributed by atoms with Gasteiger partial charge in [0.2, 0.25) is 11.4 Å². The van der Waals surface area contributed by atoms with Gasteiger partial charge in [-0.1, -0.05) is 42.0 Å². The molecule has 5 aromatic rings. The van der Waals surface area contributed by atoms with Crippen LogP contribution in [0.15, 0.2) is 71.3 Å². The van der Waals surface area contributed by atoms with E-state index in [0.29, 0.717) is 5.71 Å². The maximum Gasteiger partial charge on any atom is 0.227 e. The molecule has 142 valence electrons. The third kappa shape index (κ3) is 2.90. The molecule has 0 N–H and O–H groups in total. The first-order chi connectivity index (χ1) is 14.0. The number of aromatic nitrogens is 2. The number of furan rings is 1. The molecule has 0 aliphatic heterocycles. The Balaban J connectivity index is 1.73. The van der Waals surface area contributed by atoms with Crippen LogP contribution in [0.1, 0.15) is 16.8 Å². The summed E-state index contributed by atoms with van der Waals surface area (Å²) in [6.45, 7) is 6.25. The summed E-state index contributed by atoms with van der Waals surface area (Å²) in [6.07, 6.45) is 2.19. The summed E-state index contributed by atoms with van der Waals surface area (Å²) < 4.78 is 8.45. The number of rotatable bonds is 2. The van der Waals surface area contributed by atoms with Crippen molar-refractivity contribution in [1.82, 2.24) is 4.98 Å². The molecule has 29 heavy (non-hydrogen) atoms. The van der Waals surface area contributed by atoms with Crippen LogP contribution in [-0.2, 0) is 7.05 Å². The van der Waals surface area contributed by atoms with Crippen LogP contribution >= 0.6 is 0 Å². The predicted octanol–water partition coefficient (Wildman–Crippen LogP) is 6.06. The molecule has 0 spiro atoms. The third-order valence-electron chi connectivity index (χ3n) is 5.60. The average molecular weight is 379 g/mol. The summed E-state index contributed by atoms with van der Waals surface area (Å²) in [5.41, 5.74) is 9.69. The van der Waals surface area contributed by atoms with Crippen molar-refractivity contribution in [3.05, 3.63) is 83.7 Å². The molecule has 3 heterocycles. The summed E-state index contributed by atoms with van der Waals surface area (Å²) in [5.74, 6) is 0. The smallest absolute Gasteiger partial charge is 0.227 e. The van der Waals surface area contributed by atoms with Gasteiger partial charge >= 0.3 is 0 Å². The lowest BCUT2D eigenvalue weighted by Crippen LogP contribution is -2.31. The van der Waals surface area contributed by atoms with Crippen LogP contribution in [0.25, 0.3) is 44.5 Å². The fourth-order valence-corrected chi connectivity index (χ4v) is 4.09. The molecular weight excluding hydrogens is 356 g/mol. The third-order valence-corrected chi connectivity index (χ3v) is 5.60. The van der Waals surface area contributed by atoms with Gasteiger partial charge in [-0.25, -0.2) is 9.55 Å². The first-order valence-electron chi connectivity index (χ1n) is 9.88. The topological polar surface area (TPSA) is 29.9 Å². The summed E-state index contributed by atoms with van der Waals surface area (Å²) in [5, 5.41) is 2.17. The second-order valence-electron chi connectivity index (χ2n) is 7.82. The zero-order chi connectivity index (χ0) is 20.1. The summed E-state index contributed by atoms with van der Waals surface area (Å²) in [7, 11) is 2.10. The molecule has 0 bridgehead atoms. The average Bonchev–Trinajstić information content (AvgIpc) is 3.06. The van der Waals surface area contributed by atoms with Gasteiger partial charge in [0.05, 0.1) is 5.56 Å². The minimum atomic E-state index is 0.700. The van der Waals surface area contributed by atoms with E-state index >= 15 is 0 Å². The van der Waals surface area contributed by atoms with Gasteiger partial charge in [0, 0.05) is 28.1 Å². The molecule has 0 atom stereocenters. The molecule has 0 fully saturated rings. The van der Waals surface area contributed by atoms with Gasteiger partial charge in [-0.15, -0.1) is 0 Å². The van der Waals surface area contributed by atoms with Crippen molar-refractivity contribution in [3.63, 3.8) is 0 Å². The van der Waals surface area contributed by atoms with E-state index < -0.39 is 0 Å². The van der Waals surface area contributed by atoms with Gasteiger partial charge in [0.15, 0.2) is 11.8 Å². The highest BCUT2D eigenvalue weighted by Gasteiger charge is 2.21. The van der Waals surface area contributed by atoms with E-state index in [-0.39, 0.29) is 0 Å². The zero-order valence-corrected chi connectivity index (χ0v) is 17.2. The van der Waals surface area contributed by atoms with Crippen molar-refractivity contribution in [2.45, 2.75) is 20.8 Å². The monoisotopic (exact) mass is 379 g/mol.